The Hall–Kier alpha value is -0.670. The number of aryl methyl sites for hydroxylation is 1. The number of hydrogen-bond donors (Lipinski definition) is 0. The monoisotopic (exact) mass is 182 g/mol. The summed E-state index contributed by atoms with van der Waals surface area (Å²) in [6.45, 7) is 1.96. The molecule has 0 aliphatic carbocycles. The highest BCUT2D eigenvalue weighted by Gasteiger charge is 1.99. The lowest BCUT2D eigenvalue weighted by molar-refractivity contribution is 1.58. The fourth-order valence-corrected chi connectivity index (χ4v) is 2.92. The molecule has 11 heavy (non-hydrogen) atoms. The highest BCUT2D eigenvalue weighted by atomic mass is 32.1. The fourth-order valence-electron chi connectivity index (χ4n) is 1.01. The lowest BCUT2D eigenvalue weighted by Gasteiger charge is -1.88. The van der Waals surface area contributed by atoms with E-state index in [1.807, 2.05) is 17.7 Å². The van der Waals surface area contributed by atoms with Crippen LogP contribution in [-0.4, -0.2) is 0 Å². The molecule has 0 unspecified atom stereocenters. The second-order valence-electron chi connectivity index (χ2n) is 2.37. The topological polar surface area (TPSA) is 17.1 Å². The van der Waals surface area contributed by atoms with E-state index >= 15 is 0 Å². The second-order valence-corrected chi connectivity index (χ2v) is 4.40. The third-order valence-electron chi connectivity index (χ3n) is 1.50. The standard InChI is InChI=1S/C8H6OS2/c1-5-2-7(9)6-3-10-4-8(6)11-5/h2-4H,1H3. The Morgan fingerprint density at radius 3 is 3.00 bits per heavy atom. The van der Waals surface area contributed by atoms with Crippen LogP contribution in [0.5, 0.6) is 0 Å². The van der Waals surface area contributed by atoms with Crippen LogP contribution < -0.4 is 5.43 Å². The first kappa shape index (κ1) is 7.00. The van der Waals surface area contributed by atoms with E-state index in [1.54, 1.807) is 28.7 Å². The van der Waals surface area contributed by atoms with E-state index in [4.69, 9.17) is 0 Å². The summed E-state index contributed by atoms with van der Waals surface area (Å²) < 4.78 is 1.11. The fraction of sp³-hybridized carbons (Fsp3) is 0.125. The highest BCUT2D eigenvalue weighted by Crippen LogP contribution is 2.21. The quantitative estimate of drug-likeness (QED) is 0.612. The Balaban J connectivity index is 3.02. The van der Waals surface area contributed by atoms with Crippen molar-refractivity contribution >= 4 is 32.8 Å². The second kappa shape index (κ2) is 2.43. The van der Waals surface area contributed by atoms with Gasteiger partial charge in [0.25, 0.3) is 0 Å². The summed E-state index contributed by atoms with van der Waals surface area (Å²) in [6, 6.07) is 1.69. The maximum atomic E-state index is 11.3. The molecule has 1 nitrogen and oxygen atoms in total. The molecule has 0 aliphatic rings. The first-order chi connectivity index (χ1) is 5.27. The SMILES string of the molecule is Cc1cc(=O)c2cscc2s1. The maximum Gasteiger partial charge on any atom is 0.189 e. The molecule has 0 saturated carbocycles. The first-order valence-corrected chi connectivity index (χ1v) is 5.00. The van der Waals surface area contributed by atoms with Crippen LogP contribution in [0.25, 0.3) is 10.1 Å². The van der Waals surface area contributed by atoms with Gasteiger partial charge in [0.05, 0.1) is 0 Å². The zero-order chi connectivity index (χ0) is 7.84. The van der Waals surface area contributed by atoms with E-state index in [-0.39, 0.29) is 5.43 Å². The zero-order valence-electron chi connectivity index (χ0n) is 5.96. The van der Waals surface area contributed by atoms with Gasteiger partial charge in [-0.15, -0.1) is 11.3 Å². The van der Waals surface area contributed by atoms with Crippen molar-refractivity contribution < 1.29 is 0 Å². The lowest BCUT2D eigenvalue weighted by Crippen LogP contribution is -1.95. The molecule has 0 fully saturated rings. The van der Waals surface area contributed by atoms with Crippen LogP contribution in [0.15, 0.2) is 21.6 Å². The van der Waals surface area contributed by atoms with Crippen molar-refractivity contribution in [3.05, 3.63) is 31.9 Å². The molecule has 0 amide bonds. The Labute approximate surface area is 71.9 Å². The van der Waals surface area contributed by atoms with Crippen LogP contribution in [0.2, 0.25) is 0 Å². The molecule has 0 aliphatic heterocycles. The Bertz CT molecular complexity index is 439. The van der Waals surface area contributed by atoms with Gasteiger partial charge in [-0.2, -0.15) is 11.3 Å². The number of rotatable bonds is 0. The molecular weight excluding hydrogens is 176 g/mol. The van der Waals surface area contributed by atoms with Crippen molar-refractivity contribution in [3.8, 4) is 0 Å². The number of thiophene rings is 1. The predicted molar refractivity (Wildman–Crippen MR) is 50.7 cm³/mol. The van der Waals surface area contributed by atoms with Gasteiger partial charge < -0.3 is 0 Å². The van der Waals surface area contributed by atoms with E-state index < -0.39 is 0 Å². The summed E-state index contributed by atoms with van der Waals surface area (Å²) in [4.78, 5) is 12.4. The number of fused-ring (bicyclic) bond motifs is 1. The van der Waals surface area contributed by atoms with E-state index in [1.165, 1.54) is 0 Å². The molecule has 2 aromatic rings. The van der Waals surface area contributed by atoms with Gasteiger partial charge in [0, 0.05) is 25.7 Å². The van der Waals surface area contributed by atoms with Crippen LogP contribution in [0.1, 0.15) is 4.88 Å². The molecule has 0 atom stereocenters. The summed E-state index contributed by atoms with van der Waals surface area (Å²) in [5.41, 5.74) is 0.150. The summed E-state index contributed by atoms with van der Waals surface area (Å²) in [5.74, 6) is 0. The minimum Gasteiger partial charge on any atom is -0.289 e. The predicted octanol–water partition coefficient (Wildman–Crippen LogP) is 2.63. The minimum atomic E-state index is 0.150. The molecular formula is C8H6OS2. The molecule has 56 valence electrons. The Morgan fingerprint density at radius 1 is 1.36 bits per heavy atom. The first-order valence-electron chi connectivity index (χ1n) is 3.24. The molecule has 3 heteroatoms. The molecule has 2 rings (SSSR count). The molecule has 0 radical (unpaired) electrons. The maximum absolute atomic E-state index is 11.3. The van der Waals surface area contributed by atoms with Crippen LogP contribution in [0, 0.1) is 6.92 Å². The van der Waals surface area contributed by atoms with E-state index in [9.17, 15) is 4.79 Å². The van der Waals surface area contributed by atoms with Crippen LogP contribution in [-0.2, 0) is 0 Å². The third kappa shape index (κ3) is 1.10. The van der Waals surface area contributed by atoms with Gasteiger partial charge >= 0.3 is 0 Å². The average molecular weight is 182 g/mol. The van der Waals surface area contributed by atoms with Gasteiger partial charge in [0.2, 0.25) is 0 Å². The van der Waals surface area contributed by atoms with E-state index in [0.717, 1.165) is 15.0 Å². The van der Waals surface area contributed by atoms with E-state index in [0.29, 0.717) is 0 Å². The smallest absolute Gasteiger partial charge is 0.189 e. The van der Waals surface area contributed by atoms with Gasteiger partial charge in [-0.25, -0.2) is 0 Å². The minimum absolute atomic E-state index is 0.150. The summed E-state index contributed by atoms with van der Waals surface area (Å²) >= 11 is 3.26. The Kier molecular flexibility index (Phi) is 1.55. The zero-order valence-corrected chi connectivity index (χ0v) is 7.59. The third-order valence-corrected chi connectivity index (χ3v) is 3.39. The Morgan fingerprint density at radius 2 is 2.18 bits per heavy atom. The largest absolute Gasteiger partial charge is 0.289 e. The average Bonchev–Trinajstić information content (AvgIpc) is 2.34. The van der Waals surface area contributed by atoms with E-state index in [2.05, 4.69) is 0 Å². The molecule has 0 saturated heterocycles. The molecule has 2 aromatic heterocycles. The van der Waals surface area contributed by atoms with Crippen molar-refractivity contribution in [1.82, 2.24) is 0 Å². The van der Waals surface area contributed by atoms with Crippen LogP contribution in [0.3, 0.4) is 0 Å². The molecule has 0 aromatic carbocycles. The number of hydrogen-bond acceptors (Lipinski definition) is 3. The van der Waals surface area contributed by atoms with Gasteiger partial charge in [0.1, 0.15) is 0 Å². The van der Waals surface area contributed by atoms with Crippen molar-refractivity contribution in [1.29, 1.82) is 0 Å². The lowest BCUT2D eigenvalue weighted by atomic mass is 10.3. The van der Waals surface area contributed by atoms with Gasteiger partial charge in [-0.3, -0.25) is 4.79 Å². The highest BCUT2D eigenvalue weighted by molar-refractivity contribution is 7.21. The van der Waals surface area contributed by atoms with Crippen molar-refractivity contribution in [2.45, 2.75) is 6.92 Å². The summed E-state index contributed by atoms with van der Waals surface area (Å²) in [5, 5.41) is 4.80. The van der Waals surface area contributed by atoms with Crippen molar-refractivity contribution in [2.24, 2.45) is 0 Å². The normalized spacial score (nSPS) is 10.6. The molecule has 0 spiro atoms. The van der Waals surface area contributed by atoms with Gasteiger partial charge in [-0.05, 0) is 13.0 Å². The molecule has 0 bridgehead atoms. The van der Waals surface area contributed by atoms with Crippen LogP contribution in [0.4, 0.5) is 0 Å². The van der Waals surface area contributed by atoms with Crippen molar-refractivity contribution in [2.75, 3.05) is 0 Å². The summed E-state index contributed by atoms with van der Waals surface area (Å²) in [6.07, 6.45) is 0. The summed E-state index contributed by atoms with van der Waals surface area (Å²) in [7, 11) is 0. The van der Waals surface area contributed by atoms with Crippen LogP contribution >= 0.6 is 22.7 Å². The van der Waals surface area contributed by atoms with Crippen molar-refractivity contribution in [3.63, 3.8) is 0 Å². The molecule has 0 N–H and O–H groups in total. The molecule has 2 heterocycles. The van der Waals surface area contributed by atoms with Gasteiger partial charge in [0.15, 0.2) is 5.43 Å². The van der Waals surface area contributed by atoms with Gasteiger partial charge in [-0.1, -0.05) is 0 Å².